The summed E-state index contributed by atoms with van der Waals surface area (Å²) in [6, 6.07) is 1.75. The van der Waals surface area contributed by atoms with E-state index < -0.39 is 11.7 Å². The molecule has 0 atom stereocenters. The SMILES string of the molecule is CC(C)(C)OC(=O)NCCC=Cc1cnccc1N. The first kappa shape index (κ1) is 15.0. The third-order valence-corrected chi connectivity index (χ3v) is 2.16. The highest BCUT2D eigenvalue weighted by Crippen LogP contribution is 2.10. The van der Waals surface area contributed by atoms with Crippen molar-refractivity contribution in [3.8, 4) is 0 Å². The zero-order valence-electron chi connectivity index (χ0n) is 11.6. The average Bonchev–Trinajstić information content (AvgIpc) is 2.28. The highest BCUT2D eigenvalue weighted by Gasteiger charge is 2.15. The molecule has 0 saturated heterocycles. The van der Waals surface area contributed by atoms with E-state index in [1.807, 2.05) is 32.9 Å². The van der Waals surface area contributed by atoms with E-state index in [4.69, 9.17) is 10.5 Å². The Bertz CT molecular complexity index is 450. The molecule has 1 aromatic rings. The van der Waals surface area contributed by atoms with Gasteiger partial charge in [-0.15, -0.1) is 0 Å². The Kier molecular flexibility index (Phi) is 5.36. The lowest BCUT2D eigenvalue weighted by atomic mass is 10.2. The number of nitrogens with one attached hydrogen (secondary N) is 1. The summed E-state index contributed by atoms with van der Waals surface area (Å²) in [4.78, 5) is 15.4. The lowest BCUT2D eigenvalue weighted by Gasteiger charge is -2.19. The topological polar surface area (TPSA) is 77.2 Å². The lowest BCUT2D eigenvalue weighted by Crippen LogP contribution is -2.32. The highest BCUT2D eigenvalue weighted by molar-refractivity contribution is 5.67. The molecule has 0 saturated carbocycles. The van der Waals surface area contributed by atoms with Crippen molar-refractivity contribution in [2.24, 2.45) is 0 Å². The van der Waals surface area contributed by atoms with Crippen molar-refractivity contribution in [3.63, 3.8) is 0 Å². The third-order valence-electron chi connectivity index (χ3n) is 2.16. The van der Waals surface area contributed by atoms with Crippen LogP contribution >= 0.6 is 0 Å². The molecule has 3 N–H and O–H groups in total. The van der Waals surface area contributed by atoms with Crippen LogP contribution in [-0.4, -0.2) is 23.2 Å². The Morgan fingerprint density at radius 3 is 2.89 bits per heavy atom. The van der Waals surface area contributed by atoms with Gasteiger partial charge in [-0.1, -0.05) is 12.2 Å². The predicted octanol–water partition coefficient (Wildman–Crippen LogP) is 2.59. The minimum atomic E-state index is -0.468. The van der Waals surface area contributed by atoms with Gasteiger partial charge in [0.25, 0.3) is 0 Å². The van der Waals surface area contributed by atoms with E-state index in [-0.39, 0.29) is 0 Å². The summed E-state index contributed by atoms with van der Waals surface area (Å²) < 4.78 is 5.12. The molecular weight excluding hydrogens is 242 g/mol. The third kappa shape index (κ3) is 6.45. The molecule has 0 aliphatic rings. The second-order valence-electron chi connectivity index (χ2n) is 5.12. The van der Waals surface area contributed by atoms with Crippen LogP contribution in [0.2, 0.25) is 0 Å². The van der Waals surface area contributed by atoms with Crippen LogP contribution in [0.25, 0.3) is 6.08 Å². The highest BCUT2D eigenvalue weighted by atomic mass is 16.6. The maximum atomic E-state index is 11.4. The molecule has 0 aromatic carbocycles. The first-order valence-corrected chi connectivity index (χ1v) is 6.21. The lowest BCUT2D eigenvalue weighted by molar-refractivity contribution is 0.0529. The summed E-state index contributed by atoms with van der Waals surface area (Å²) in [5, 5.41) is 2.68. The van der Waals surface area contributed by atoms with Gasteiger partial charge in [-0.2, -0.15) is 0 Å². The van der Waals surface area contributed by atoms with Gasteiger partial charge in [0.1, 0.15) is 5.60 Å². The van der Waals surface area contributed by atoms with Gasteiger partial charge in [0, 0.05) is 30.2 Å². The zero-order chi connectivity index (χ0) is 14.3. The largest absolute Gasteiger partial charge is 0.444 e. The minimum Gasteiger partial charge on any atom is -0.444 e. The number of hydrogen-bond donors (Lipinski definition) is 2. The maximum Gasteiger partial charge on any atom is 0.407 e. The molecule has 19 heavy (non-hydrogen) atoms. The predicted molar refractivity (Wildman–Crippen MR) is 76.5 cm³/mol. The summed E-state index contributed by atoms with van der Waals surface area (Å²) in [6.45, 7) is 6.01. The van der Waals surface area contributed by atoms with Crippen LogP contribution in [0.4, 0.5) is 10.5 Å². The molecule has 0 spiro atoms. The summed E-state index contributed by atoms with van der Waals surface area (Å²) in [7, 11) is 0. The Labute approximate surface area is 113 Å². The van der Waals surface area contributed by atoms with Crippen LogP contribution in [0.5, 0.6) is 0 Å². The molecule has 104 valence electrons. The zero-order valence-corrected chi connectivity index (χ0v) is 11.6. The van der Waals surface area contributed by atoms with E-state index in [1.54, 1.807) is 18.5 Å². The second kappa shape index (κ2) is 6.78. The summed E-state index contributed by atoms with van der Waals surface area (Å²) in [5.74, 6) is 0. The van der Waals surface area contributed by atoms with Crippen molar-refractivity contribution < 1.29 is 9.53 Å². The average molecular weight is 263 g/mol. The molecule has 1 heterocycles. The summed E-state index contributed by atoms with van der Waals surface area (Å²) in [6.07, 6.45) is 7.48. The molecule has 1 aromatic heterocycles. The number of amides is 1. The standard InChI is InChI=1S/C14H21N3O2/c1-14(2,3)19-13(18)17-8-5-4-6-11-10-16-9-7-12(11)15/h4,6-7,9-10H,5,8H2,1-3H3,(H2,15,16)(H,17,18). The van der Waals surface area contributed by atoms with Crippen molar-refractivity contribution in [2.45, 2.75) is 32.8 Å². The number of nitrogens with zero attached hydrogens (tertiary/aromatic N) is 1. The van der Waals surface area contributed by atoms with Gasteiger partial charge in [0.2, 0.25) is 0 Å². The van der Waals surface area contributed by atoms with Crippen molar-refractivity contribution in [3.05, 3.63) is 30.1 Å². The first-order valence-electron chi connectivity index (χ1n) is 6.21. The van der Waals surface area contributed by atoms with E-state index in [9.17, 15) is 4.79 Å². The van der Waals surface area contributed by atoms with Crippen LogP contribution < -0.4 is 11.1 Å². The molecule has 5 nitrogen and oxygen atoms in total. The summed E-state index contributed by atoms with van der Waals surface area (Å²) >= 11 is 0. The first-order chi connectivity index (χ1) is 8.88. The van der Waals surface area contributed by atoms with Gasteiger partial charge in [0.15, 0.2) is 0 Å². The van der Waals surface area contributed by atoms with Crippen molar-refractivity contribution in [1.82, 2.24) is 10.3 Å². The molecule has 0 radical (unpaired) electrons. The monoisotopic (exact) mass is 263 g/mol. The van der Waals surface area contributed by atoms with Crippen LogP contribution in [0.1, 0.15) is 32.8 Å². The van der Waals surface area contributed by atoms with Gasteiger partial charge >= 0.3 is 6.09 Å². The molecule has 1 rings (SSSR count). The minimum absolute atomic E-state index is 0.401. The van der Waals surface area contributed by atoms with Gasteiger partial charge in [0.05, 0.1) is 0 Å². The molecule has 1 amide bonds. The van der Waals surface area contributed by atoms with Gasteiger partial charge in [-0.25, -0.2) is 4.79 Å². The van der Waals surface area contributed by atoms with Crippen molar-refractivity contribution in [1.29, 1.82) is 0 Å². The smallest absolute Gasteiger partial charge is 0.407 e. The van der Waals surface area contributed by atoms with Gasteiger partial charge in [-0.3, -0.25) is 4.98 Å². The van der Waals surface area contributed by atoms with Crippen LogP contribution in [0.15, 0.2) is 24.5 Å². The molecule has 0 unspecified atom stereocenters. The number of pyridine rings is 1. The fourth-order valence-corrected chi connectivity index (χ4v) is 1.34. The van der Waals surface area contributed by atoms with Crippen molar-refractivity contribution in [2.75, 3.05) is 12.3 Å². The Morgan fingerprint density at radius 2 is 2.26 bits per heavy atom. The molecule has 5 heteroatoms. The molecule has 0 bridgehead atoms. The van der Waals surface area contributed by atoms with Crippen LogP contribution in [0.3, 0.4) is 0 Å². The molecular formula is C14H21N3O2. The van der Waals surface area contributed by atoms with Crippen molar-refractivity contribution >= 4 is 17.9 Å². The van der Waals surface area contributed by atoms with Crippen LogP contribution in [-0.2, 0) is 4.74 Å². The number of carbonyl (C=O) groups excluding carboxylic acids is 1. The second-order valence-corrected chi connectivity index (χ2v) is 5.12. The van der Waals surface area contributed by atoms with E-state index >= 15 is 0 Å². The number of nitrogen functional groups attached to an aromatic ring is 1. The van der Waals surface area contributed by atoms with Gasteiger partial charge < -0.3 is 15.8 Å². The summed E-state index contributed by atoms with van der Waals surface area (Å²) in [5.41, 5.74) is 6.86. The van der Waals surface area contributed by atoms with E-state index in [0.29, 0.717) is 18.7 Å². The number of nitrogens with two attached hydrogens (primary N) is 1. The van der Waals surface area contributed by atoms with Crippen LogP contribution in [0, 0.1) is 0 Å². The fraction of sp³-hybridized carbons (Fsp3) is 0.429. The normalized spacial score (nSPS) is 11.5. The van der Waals surface area contributed by atoms with E-state index in [0.717, 1.165) is 5.56 Å². The van der Waals surface area contributed by atoms with E-state index in [2.05, 4.69) is 10.3 Å². The molecule has 0 aliphatic heterocycles. The number of ether oxygens (including phenoxy) is 1. The molecule has 0 aliphatic carbocycles. The fourth-order valence-electron chi connectivity index (χ4n) is 1.34. The number of aromatic nitrogens is 1. The quantitative estimate of drug-likeness (QED) is 0.818. The Hall–Kier alpha value is -2.04. The number of anilines is 1. The maximum absolute atomic E-state index is 11.4. The Balaban J connectivity index is 2.28. The number of hydrogen-bond acceptors (Lipinski definition) is 4. The number of carbonyl (C=O) groups is 1. The van der Waals surface area contributed by atoms with Gasteiger partial charge in [-0.05, 0) is 33.3 Å². The number of rotatable bonds is 4. The Morgan fingerprint density at radius 1 is 1.53 bits per heavy atom. The number of alkyl carbamates (subject to hydrolysis) is 1. The molecule has 0 fully saturated rings. The van der Waals surface area contributed by atoms with E-state index in [1.165, 1.54) is 0 Å².